The van der Waals surface area contributed by atoms with Gasteiger partial charge < -0.3 is 10.7 Å². The van der Waals surface area contributed by atoms with Crippen LogP contribution in [0.25, 0.3) is 11.3 Å². The first kappa shape index (κ1) is 14.6. The number of rotatable bonds is 3. The van der Waals surface area contributed by atoms with Crippen LogP contribution in [0.2, 0.25) is 0 Å². The molecule has 0 aliphatic rings. The van der Waals surface area contributed by atoms with Crippen molar-refractivity contribution in [2.45, 2.75) is 32.0 Å². The Morgan fingerprint density at radius 3 is 2.60 bits per heavy atom. The number of alkyl halides is 3. The van der Waals surface area contributed by atoms with E-state index in [1.54, 1.807) is 6.07 Å². The van der Waals surface area contributed by atoms with Crippen LogP contribution < -0.4 is 5.73 Å². The van der Waals surface area contributed by atoms with Gasteiger partial charge in [-0.05, 0) is 25.5 Å². The topological polar surface area (TPSA) is 54.7 Å². The number of imidazole rings is 1. The number of hydrogen-bond acceptors (Lipinski definition) is 2. The van der Waals surface area contributed by atoms with Crippen LogP contribution in [0, 0.1) is 0 Å². The summed E-state index contributed by atoms with van der Waals surface area (Å²) >= 11 is 0. The zero-order valence-electron chi connectivity index (χ0n) is 11.3. The van der Waals surface area contributed by atoms with Gasteiger partial charge in [0.2, 0.25) is 0 Å². The van der Waals surface area contributed by atoms with Gasteiger partial charge in [-0.3, -0.25) is 0 Å². The molecule has 1 atom stereocenters. The van der Waals surface area contributed by atoms with Gasteiger partial charge in [-0.15, -0.1) is 0 Å². The van der Waals surface area contributed by atoms with Gasteiger partial charge in [-0.1, -0.05) is 19.1 Å². The van der Waals surface area contributed by atoms with Crippen LogP contribution in [0.4, 0.5) is 13.2 Å². The monoisotopic (exact) mass is 283 g/mol. The Kier molecular flexibility index (Phi) is 3.60. The highest BCUT2D eigenvalue weighted by atomic mass is 19.4. The molecule has 1 unspecified atom stereocenters. The van der Waals surface area contributed by atoms with Gasteiger partial charge in [0.15, 0.2) is 0 Å². The van der Waals surface area contributed by atoms with E-state index in [1.807, 2.05) is 13.8 Å². The Morgan fingerprint density at radius 2 is 2.00 bits per heavy atom. The second-order valence-electron chi connectivity index (χ2n) is 5.00. The van der Waals surface area contributed by atoms with E-state index < -0.39 is 17.3 Å². The van der Waals surface area contributed by atoms with Gasteiger partial charge in [-0.25, -0.2) is 4.98 Å². The van der Waals surface area contributed by atoms with Gasteiger partial charge in [0.25, 0.3) is 0 Å². The molecule has 0 bridgehead atoms. The molecule has 0 aliphatic carbocycles. The number of aromatic amines is 1. The molecule has 1 aromatic heterocycles. The maximum Gasteiger partial charge on any atom is 0.416 e. The summed E-state index contributed by atoms with van der Waals surface area (Å²) in [5, 5.41) is 0. The predicted molar refractivity (Wildman–Crippen MR) is 70.9 cm³/mol. The van der Waals surface area contributed by atoms with Crippen molar-refractivity contribution in [2.24, 2.45) is 5.73 Å². The van der Waals surface area contributed by atoms with Crippen molar-refractivity contribution in [2.75, 3.05) is 0 Å². The number of nitrogens with one attached hydrogen (secondary N) is 1. The van der Waals surface area contributed by atoms with Crippen LogP contribution in [-0.4, -0.2) is 9.97 Å². The lowest BCUT2D eigenvalue weighted by Gasteiger charge is -2.19. The van der Waals surface area contributed by atoms with Crippen molar-refractivity contribution in [3.8, 4) is 11.3 Å². The minimum atomic E-state index is -4.36. The highest BCUT2D eigenvalue weighted by Crippen LogP contribution is 2.32. The summed E-state index contributed by atoms with van der Waals surface area (Å²) < 4.78 is 38.1. The molecule has 0 fully saturated rings. The lowest BCUT2D eigenvalue weighted by atomic mass is 10.00. The number of benzene rings is 1. The Balaban J connectivity index is 2.38. The number of nitrogens with two attached hydrogens (primary N) is 1. The van der Waals surface area contributed by atoms with Crippen LogP contribution in [0.15, 0.2) is 30.5 Å². The molecule has 1 heterocycles. The predicted octanol–water partition coefficient (Wildman–Crippen LogP) is 3.68. The molecular formula is C14H16F3N3. The van der Waals surface area contributed by atoms with E-state index in [0.29, 0.717) is 23.5 Å². The van der Waals surface area contributed by atoms with Crippen molar-refractivity contribution in [3.05, 3.63) is 41.9 Å². The summed E-state index contributed by atoms with van der Waals surface area (Å²) in [5.41, 5.74) is 5.71. The number of nitrogens with zero attached hydrogens (tertiary/aromatic N) is 1. The first-order chi connectivity index (χ1) is 9.24. The molecule has 3 nitrogen and oxygen atoms in total. The Hall–Kier alpha value is -1.82. The van der Waals surface area contributed by atoms with E-state index >= 15 is 0 Å². The summed E-state index contributed by atoms with van der Waals surface area (Å²) in [4.78, 5) is 7.16. The van der Waals surface area contributed by atoms with E-state index in [4.69, 9.17) is 5.73 Å². The van der Waals surface area contributed by atoms with Gasteiger partial charge >= 0.3 is 6.18 Å². The average molecular weight is 283 g/mol. The maximum atomic E-state index is 12.7. The molecule has 0 spiro atoms. The standard InChI is InChI=1S/C14H16F3N3/c1-3-13(2,18)12-19-8-11(20-12)9-5-4-6-10(7-9)14(15,16)17/h4-8H,3,18H2,1-2H3,(H,19,20). The van der Waals surface area contributed by atoms with E-state index in [0.717, 1.165) is 12.1 Å². The van der Waals surface area contributed by atoms with Gasteiger partial charge in [0, 0.05) is 5.56 Å². The van der Waals surface area contributed by atoms with E-state index in [9.17, 15) is 13.2 Å². The summed E-state index contributed by atoms with van der Waals surface area (Å²) in [7, 11) is 0. The fourth-order valence-corrected chi connectivity index (χ4v) is 1.79. The van der Waals surface area contributed by atoms with Crippen LogP contribution in [0.3, 0.4) is 0 Å². The molecule has 0 radical (unpaired) electrons. The second-order valence-corrected chi connectivity index (χ2v) is 5.00. The van der Waals surface area contributed by atoms with Crippen LogP contribution in [0.1, 0.15) is 31.7 Å². The van der Waals surface area contributed by atoms with E-state index in [-0.39, 0.29) is 0 Å². The zero-order valence-corrected chi connectivity index (χ0v) is 11.3. The number of hydrogen-bond donors (Lipinski definition) is 2. The van der Waals surface area contributed by atoms with Crippen LogP contribution >= 0.6 is 0 Å². The number of H-pyrrole nitrogens is 1. The SMILES string of the molecule is CCC(C)(N)c1ncc(-c2cccc(C(F)(F)F)c2)[nH]1. The Bertz CT molecular complexity index is 600. The van der Waals surface area contributed by atoms with Crippen molar-refractivity contribution >= 4 is 0 Å². The van der Waals surface area contributed by atoms with E-state index in [1.165, 1.54) is 12.3 Å². The number of aromatic nitrogens is 2. The van der Waals surface area contributed by atoms with E-state index in [2.05, 4.69) is 9.97 Å². The van der Waals surface area contributed by atoms with Crippen molar-refractivity contribution < 1.29 is 13.2 Å². The minimum absolute atomic E-state index is 0.436. The maximum absolute atomic E-state index is 12.7. The molecule has 6 heteroatoms. The largest absolute Gasteiger partial charge is 0.416 e. The minimum Gasteiger partial charge on any atom is -0.340 e. The molecule has 1 aromatic carbocycles. The Morgan fingerprint density at radius 1 is 1.30 bits per heavy atom. The van der Waals surface area contributed by atoms with Gasteiger partial charge in [-0.2, -0.15) is 13.2 Å². The zero-order chi connectivity index (χ0) is 15.0. The summed E-state index contributed by atoms with van der Waals surface area (Å²) in [6.07, 6.45) is -2.18. The summed E-state index contributed by atoms with van der Waals surface area (Å²) in [6, 6.07) is 5.11. The first-order valence-electron chi connectivity index (χ1n) is 6.26. The smallest absolute Gasteiger partial charge is 0.340 e. The molecule has 108 valence electrons. The molecule has 0 amide bonds. The second kappa shape index (κ2) is 4.94. The molecule has 0 saturated carbocycles. The molecule has 0 aliphatic heterocycles. The average Bonchev–Trinajstić information content (AvgIpc) is 2.88. The number of halogens is 3. The molecule has 3 N–H and O–H groups in total. The Labute approximate surface area is 115 Å². The third-order valence-corrected chi connectivity index (χ3v) is 3.35. The fourth-order valence-electron chi connectivity index (χ4n) is 1.79. The van der Waals surface area contributed by atoms with Crippen LogP contribution in [0.5, 0.6) is 0 Å². The quantitative estimate of drug-likeness (QED) is 0.902. The highest BCUT2D eigenvalue weighted by molar-refractivity contribution is 5.59. The summed E-state index contributed by atoms with van der Waals surface area (Å²) in [5.74, 6) is 0.562. The van der Waals surface area contributed by atoms with Crippen LogP contribution in [-0.2, 0) is 11.7 Å². The molecular weight excluding hydrogens is 267 g/mol. The fraction of sp³-hybridized carbons (Fsp3) is 0.357. The molecule has 20 heavy (non-hydrogen) atoms. The third kappa shape index (κ3) is 2.85. The molecule has 2 aromatic rings. The lowest BCUT2D eigenvalue weighted by Crippen LogP contribution is -2.33. The van der Waals surface area contributed by atoms with Crippen molar-refractivity contribution in [1.29, 1.82) is 0 Å². The molecule has 2 rings (SSSR count). The lowest BCUT2D eigenvalue weighted by molar-refractivity contribution is -0.137. The molecule has 0 saturated heterocycles. The normalized spacial score (nSPS) is 15.1. The third-order valence-electron chi connectivity index (χ3n) is 3.35. The van der Waals surface area contributed by atoms with Crippen molar-refractivity contribution in [1.82, 2.24) is 9.97 Å². The summed E-state index contributed by atoms with van der Waals surface area (Å²) in [6.45, 7) is 3.74. The van der Waals surface area contributed by atoms with Gasteiger partial charge in [0.1, 0.15) is 5.82 Å². The first-order valence-corrected chi connectivity index (χ1v) is 6.26. The highest BCUT2D eigenvalue weighted by Gasteiger charge is 2.30. The van der Waals surface area contributed by atoms with Gasteiger partial charge in [0.05, 0.1) is 23.0 Å². The van der Waals surface area contributed by atoms with Crippen molar-refractivity contribution in [3.63, 3.8) is 0 Å².